The average Bonchev–Trinajstić information content (AvgIpc) is 2.08. The van der Waals surface area contributed by atoms with Crippen LogP contribution in [0.4, 0.5) is 0 Å². The molecule has 1 aliphatic rings. The summed E-state index contributed by atoms with van der Waals surface area (Å²) in [7, 11) is 0. The van der Waals surface area contributed by atoms with Gasteiger partial charge in [-0.2, -0.15) is 0 Å². The van der Waals surface area contributed by atoms with E-state index < -0.39 is 0 Å². The summed E-state index contributed by atoms with van der Waals surface area (Å²) in [5.74, 6) is 0. The summed E-state index contributed by atoms with van der Waals surface area (Å²) in [4.78, 5) is 0. The van der Waals surface area contributed by atoms with Crippen LogP contribution in [0.1, 0.15) is 32.1 Å². The summed E-state index contributed by atoms with van der Waals surface area (Å²) < 4.78 is 0. The highest BCUT2D eigenvalue weighted by atomic mass is 32.2. The molecule has 1 rings (SSSR count). The van der Waals surface area contributed by atoms with Crippen molar-refractivity contribution in [3.63, 3.8) is 0 Å². The summed E-state index contributed by atoms with van der Waals surface area (Å²) in [6, 6.07) is 0. The van der Waals surface area contributed by atoms with Crippen molar-refractivity contribution in [2.24, 2.45) is 5.73 Å². The lowest BCUT2D eigenvalue weighted by molar-refractivity contribution is -0.110. The topological polar surface area (TPSA) is 75.4 Å². The van der Waals surface area contributed by atoms with E-state index >= 15 is 0 Å². The molecule has 3 nitrogen and oxygen atoms in total. The Labute approximate surface area is 77.8 Å². The van der Waals surface area contributed by atoms with Gasteiger partial charge in [0.25, 0.3) is 5.17 Å². The van der Waals surface area contributed by atoms with Crippen LogP contribution in [-0.2, 0) is 0 Å². The molecular formula is C8H15N3S. The number of hydrogen-bond donors (Lipinski definition) is 2. The first kappa shape index (κ1) is 11.3. The molecule has 68 valence electrons. The minimum Gasteiger partial charge on any atom is -0.512 e. The first-order chi connectivity index (χ1) is 5.79. The molecule has 0 saturated heterocycles. The van der Waals surface area contributed by atoms with Crippen molar-refractivity contribution in [2.45, 2.75) is 37.4 Å². The fourth-order valence-corrected chi connectivity index (χ4v) is 2.33. The van der Waals surface area contributed by atoms with Crippen molar-refractivity contribution in [2.75, 3.05) is 0 Å². The zero-order chi connectivity index (χ0) is 9.40. The van der Waals surface area contributed by atoms with Gasteiger partial charge >= 0.3 is 0 Å². The zero-order valence-electron chi connectivity index (χ0n) is 7.12. The summed E-state index contributed by atoms with van der Waals surface area (Å²) >= 11 is 1.65. The second-order valence-corrected chi connectivity index (χ2v) is 4.15. The van der Waals surface area contributed by atoms with Gasteiger partial charge in [-0.25, -0.2) is 0 Å². The molecule has 0 bridgehead atoms. The molecule has 0 radical (unpaired) electrons. The molecular weight excluding hydrogens is 170 g/mol. The van der Waals surface area contributed by atoms with E-state index in [0.29, 0.717) is 10.4 Å². The van der Waals surface area contributed by atoms with Gasteiger partial charge in [0.2, 0.25) is 0 Å². The third-order valence-corrected chi connectivity index (χ3v) is 2.93. The Hall–Kier alpha value is -0.690. The first-order valence-corrected chi connectivity index (χ1v) is 4.94. The third kappa shape index (κ3) is 5.03. The summed E-state index contributed by atoms with van der Waals surface area (Å²) in [5.41, 5.74) is 5.38. The van der Waals surface area contributed by atoms with Crippen LogP contribution < -0.4 is 11.1 Å². The minimum absolute atomic E-state index is 0.534. The minimum atomic E-state index is 0.534. The van der Waals surface area contributed by atoms with Crippen LogP contribution in [-0.4, -0.2) is 10.4 Å². The Morgan fingerprint density at radius 3 is 2.25 bits per heavy atom. The molecule has 4 heteroatoms. The number of rotatable bonds is 1. The first-order valence-electron chi connectivity index (χ1n) is 4.06. The molecule has 1 saturated carbocycles. The van der Waals surface area contributed by atoms with Gasteiger partial charge in [0.1, 0.15) is 0 Å². The normalized spacial score (nSPS) is 17.5. The molecule has 0 spiro atoms. The van der Waals surface area contributed by atoms with Crippen LogP contribution in [0.25, 0.3) is 0 Å². The quantitative estimate of drug-likeness (QED) is 0.348. The Kier molecular flexibility index (Phi) is 6.58. The van der Waals surface area contributed by atoms with E-state index in [1.807, 2.05) is 0 Å². The highest BCUT2D eigenvalue weighted by Gasteiger charge is 2.16. The lowest BCUT2D eigenvalue weighted by atomic mass is 10.0. The van der Waals surface area contributed by atoms with E-state index in [9.17, 15) is 0 Å². The van der Waals surface area contributed by atoms with E-state index in [0.717, 1.165) is 0 Å². The largest absolute Gasteiger partial charge is 0.512 e. The molecule has 0 unspecified atom stereocenters. The second-order valence-electron chi connectivity index (χ2n) is 2.78. The smallest absolute Gasteiger partial charge is 0.300 e. The molecule has 4 N–H and O–H groups in total. The fraction of sp³-hybridized carbons (Fsp3) is 0.750. The molecule has 0 atom stereocenters. The monoisotopic (exact) mass is 185 g/mol. The summed E-state index contributed by atoms with van der Waals surface area (Å²) in [6.07, 6.45) is 6.68. The van der Waals surface area contributed by atoms with E-state index in [1.165, 1.54) is 32.1 Å². The SMILES string of the molecule is NC(=[NH2+])SC1CCCCC1.[C-]#N. The van der Waals surface area contributed by atoms with Crippen LogP contribution in [0.15, 0.2) is 0 Å². The maximum atomic E-state index is 6.25. The molecule has 0 aromatic heterocycles. The van der Waals surface area contributed by atoms with Crippen molar-refractivity contribution in [3.8, 4) is 0 Å². The van der Waals surface area contributed by atoms with Crippen molar-refractivity contribution in [1.29, 1.82) is 5.26 Å². The van der Waals surface area contributed by atoms with E-state index in [4.69, 9.17) is 23.0 Å². The van der Waals surface area contributed by atoms with Crippen LogP contribution in [0.3, 0.4) is 0 Å². The van der Waals surface area contributed by atoms with Crippen LogP contribution in [0, 0.1) is 11.8 Å². The molecule has 0 aromatic carbocycles. The van der Waals surface area contributed by atoms with Crippen molar-refractivity contribution < 1.29 is 5.41 Å². The molecule has 0 amide bonds. The van der Waals surface area contributed by atoms with Gasteiger partial charge in [-0.3, -0.25) is 11.1 Å². The van der Waals surface area contributed by atoms with Gasteiger partial charge in [0.15, 0.2) is 0 Å². The average molecular weight is 185 g/mol. The molecule has 0 aliphatic heterocycles. The highest BCUT2D eigenvalue weighted by molar-refractivity contribution is 8.14. The van der Waals surface area contributed by atoms with Gasteiger partial charge in [0, 0.05) is 5.25 Å². The summed E-state index contributed by atoms with van der Waals surface area (Å²) in [6.45, 7) is 4.75. The standard InChI is InChI=1S/C7H14N2S.CN/c8-7(9)10-6-4-2-1-3-5-6;1-2/h6H,1-5H2,(H3,8,9);/q;-1/p+1. The van der Waals surface area contributed by atoms with Crippen LogP contribution >= 0.6 is 11.8 Å². The Morgan fingerprint density at radius 1 is 1.33 bits per heavy atom. The van der Waals surface area contributed by atoms with Gasteiger partial charge in [-0.1, -0.05) is 19.3 Å². The third-order valence-electron chi connectivity index (χ3n) is 1.85. The van der Waals surface area contributed by atoms with Gasteiger partial charge in [0.05, 0.1) is 0 Å². The second kappa shape index (κ2) is 6.99. The lowest BCUT2D eigenvalue weighted by Gasteiger charge is -2.18. The zero-order valence-corrected chi connectivity index (χ0v) is 7.94. The molecule has 0 heterocycles. The molecule has 0 aromatic rings. The maximum absolute atomic E-state index is 6.25. The predicted octanol–water partition coefficient (Wildman–Crippen LogP) is 0.222. The Bertz CT molecular complexity index is 150. The number of nitrogens with two attached hydrogens (primary N) is 2. The van der Waals surface area contributed by atoms with Crippen molar-refractivity contribution >= 4 is 16.9 Å². The van der Waals surface area contributed by atoms with Gasteiger partial charge in [-0.15, -0.1) is 0 Å². The summed E-state index contributed by atoms with van der Waals surface area (Å²) in [5, 5.41) is 12.9. The molecule has 12 heavy (non-hydrogen) atoms. The maximum Gasteiger partial charge on any atom is 0.300 e. The number of thioether (sulfide) groups is 1. The number of hydrogen-bond acceptors (Lipinski definition) is 2. The molecule has 1 fully saturated rings. The predicted molar refractivity (Wildman–Crippen MR) is 50.6 cm³/mol. The number of nitrogens with zero attached hydrogens (tertiary/aromatic N) is 1. The number of amidine groups is 1. The molecule has 1 aliphatic carbocycles. The van der Waals surface area contributed by atoms with Gasteiger partial charge in [-0.05, 0) is 24.6 Å². The lowest BCUT2D eigenvalue weighted by Crippen LogP contribution is -2.44. The Balaban J connectivity index is 0.000000561. The van der Waals surface area contributed by atoms with Crippen molar-refractivity contribution in [1.82, 2.24) is 0 Å². The fourth-order valence-electron chi connectivity index (χ4n) is 1.38. The van der Waals surface area contributed by atoms with Crippen molar-refractivity contribution in [3.05, 3.63) is 6.57 Å². The van der Waals surface area contributed by atoms with E-state index in [-0.39, 0.29) is 0 Å². The van der Waals surface area contributed by atoms with Crippen LogP contribution in [0.2, 0.25) is 0 Å². The highest BCUT2D eigenvalue weighted by Crippen LogP contribution is 2.26. The van der Waals surface area contributed by atoms with E-state index in [1.54, 1.807) is 11.8 Å². The van der Waals surface area contributed by atoms with Gasteiger partial charge < -0.3 is 11.8 Å². The van der Waals surface area contributed by atoms with E-state index in [2.05, 4.69) is 0 Å². The Morgan fingerprint density at radius 2 is 1.83 bits per heavy atom. The van der Waals surface area contributed by atoms with Crippen LogP contribution in [0.5, 0.6) is 0 Å².